The van der Waals surface area contributed by atoms with E-state index in [-0.39, 0.29) is 5.91 Å². The fourth-order valence-electron chi connectivity index (χ4n) is 1.21. The number of aryl methyl sites for hydroxylation is 1. The lowest BCUT2D eigenvalue weighted by Gasteiger charge is -2.03. The Bertz CT molecular complexity index is 539. The summed E-state index contributed by atoms with van der Waals surface area (Å²) in [6.07, 6.45) is 3.75. The highest BCUT2D eigenvalue weighted by molar-refractivity contribution is 7.15. The van der Waals surface area contributed by atoms with Crippen LogP contribution in [0.5, 0.6) is 0 Å². The van der Waals surface area contributed by atoms with Gasteiger partial charge in [0.25, 0.3) is 5.91 Å². The second kappa shape index (κ2) is 4.88. The normalized spacial score (nSPS) is 10.2. The molecule has 0 saturated heterocycles. The number of nitrogens with one attached hydrogen (secondary N) is 1. The zero-order valence-electron chi connectivity index (χ0n) is 9.17. The molecule has 2 aromatic heterocycles. The van der Waals surface area contributed by atoms with Crippen LogP contribution in [0.3, 0.4) is 0 Å². The molecule has 6 nitrogen and oxygen atoms in total. The van der Waals surface area contributed by atoms with Crippen molar-refractivity contribution in [3.8, 4) is 0 Å². The number of hydrogen-bond donors (Lipinski definition) is 2. The Kier molecular flexibility index (Phi) is 3.29. The molecule has 0 aliphatic rings. The van der Waals surface area contributed by atoms with E-state index >= 15 is 0 Å². The van der Waals surface area contributed by atoms with Crippen LogP contribution in [0.25, 0.3) is 0 Å². The molecule has 17 heavy (non-hydrogen) atoms. The van der Waals surface area contributed by atoms with E-state index in [9.17, 15) is 4.79 Å². The quantitative estimate of drug-likeness (QED) is 0.855. The number of aromatic nitrogens is 3. The summed E-state index contributed by atoms with van der Waals surface area (Å²) in [6, 6.07) is 1.58. The summed E-state index contributed by atoms with van der Waals surface area (Å²) in [5.41, 5.74) is 6.39. The largest absolute Gasteiger partial charge is 0.398 e. The molecule has 0 saturated carbocycles. The van der Waals surface area contributed by atoms with Crippen LogP contribution in [0.4, 0.5) is 10.8 Å². The minimum atomic E-state index is -0.325. The molecule has 2 aromatic rings. The topological polar surface area (TPSA) is 93.8 Å². The van der Waals surface area contributed by atoms with Gasteiger partial charge in [0.05, 0.1) is 5.56 Å². The highest BCUT2D eigenvalue weighted by atomic mass is 32.1. The number of anilines is 2. The molecule has 0 atom stereocenters. The molecule has 0 aliphatic heterocycles. The van der Waals surface area contributed by atoms with Gasteiger partial charge in [-0.3, -0.25) is 15.1 Å². The summed E-state index contributed by atoms with van der Waals surface area (Å²) in [4.78, 5) is 15.7. The Morgan fingerprint density at radius 3 is 3.00 bits per heavy atom. The van der Waals surface area contributed by atoms with E-state index in [1.54, 1.807) is 6.07 Å². The van der Waals surface area contributed by atoms with Gasteiger partial charge >= 0.3 is 0 Å². The molecular formula is C10H11N5OS. The van der Waals surface area contributed by atoms with Crippen molar-refractivity contribution in [2.75, 3.05) is 11.1 Å². The maximum Gasteiger partial charge on any atom is 0.261 e. The maximum absolute atomic E-state index is 11.8. The molecule has 0 spiro atoms. The average molecular weight is 249 g/mol. The third kappa shape index (κ3) is 2.56. The van der Waals surface area contributed by atoms with Crippen LogP contribution < -0.4 is 11.1 Å². The molecule has 88 valence electrons. The summed E-state index contributed by atoms with van der Waals surface area (Å²) in [7, 11) is 0. The summed E-state index contributed by atoms with van der Waals surface area (Å²) >= 11 is 1.35. The van der Waals surface area contributed by atoms with E-state index in [2.05, 4.69) is 20.5 Å². The van der Waals surface area contributed by atoms with E-state index < -0.39 is 0 Å². The third-order valence-electron chi connectivity index (χ3n) is 2.09. The standard InChI is InChI=1S/C10H11N5OS/c1-2-8-14-15-10(17-8)13-9(16)6-5-12-4-3-7(6)11/h3-5H,2H2,1H3,(H2,11,12)(H,13,15,16). The predicted octanol–water partition coefficient (Wildman–Crippen LogP) is 1.33. The molecule has 0 aliphatic carbocycles. The van der Waals surface area contributed by atoms with Crippen LogP contribution in [0.2, 0.25) is 0 Å². The Balaban J connectivity index is 2.14. The van der Waals surface area contributed by atoms with E-state index in [0.29, 0.717) is 16.4 Å². The van der Waals surface area contributed by atoms with Crippen LogP contribution in [0.15, 0.2) is 18.5 Å². The van der Waals surface area contributed by atoms with Crippen molar-refractivity contribution in [2.45, 2.75) is 13.3 Å². The Morgan fingerprint density at radius 1 is 1.53 bits per heavy atom. The van der Waals surface area contributed by atoms with Crippen molar-refractivity contribution < 1.29 is 4.79 Å². The van der Waals surface area contributed by atoms with E-state index in [1.807, 2.05) is 6.92 Å². The van der Waals surface area contributed by atoms with Gasteiger partial charge in [-0.05, 0) is 12.5 Å². The number of carbonyl (C=O) groups excluding carboxylic acids is 1. The molecule has 0 aromatic carbocycles. The summed E-state index contributed by atoms with van der Waals surface area (Å²) in [6.45, 7) is 1.98. The molecular weight excluding hydrogens is 238 g/mol. The summed E-state index contributed by atoms with van der Waals surface area (Å²) in [5, 5.41) is 11.8. The fraction of sp³-hybridized carbons (Fsp3) is 0.200. The minimum absolute atomic E-state index is 0.325. The smallest absolute Gasteiger partial charge is 0.261 e. The highest BCUT2D eigenvalue weighted by Crippen LogP contribution is 2.17. The number of amides is 1. The van der Waals surface area contributed by atoms with Crippen LogP contribution in [-0.2, 0) is 6.42 Å². The lowest BCUT2D eigenvalue weighted by Crippen LogP contribution is -2.14. The molecule has 0 fully saturated rings. The van der Waals surface area contributed by atoms with Gasteiger partial charge in [0.1, 0.15) is 5.01 Å². The van der Waals surface area contributed by atoms with Gasteiger partial charge in [-0.2, -0.15) is 0 Å². The molecule has 2 heterocycles. The van der Waals surface area contributed by atoms with Gasteiger partial charge in [-0.25, -0.2) is 0 Å². The van der Waals surface area contributed by atoms with Crippen LogP contribution in [0.1, 0.15) is 22.3 Å². The second-order valence-corrected chi connectivity index (χ2v) is 4.33. The maximum atomic E-state index is 11.8. The number of nitrogens with two attached hydrogens (primary N) is 1. The van der Waals surface area contributed by atoms with Crippen molar-refractivity contribution in [3.63, 3.8) is 0 Å². The lowest BCUT2D eigenvalue weighted by atomic mass is 10.2. The number of rotatable bonds is 3. The summed E-state index contributed by atoms with van der Waals surface area (Å²) < 4.78 is 0. The van der Waals surface area contributed by atoms with E-state index in [1.165, 1.54) is 23.7 Å². The SMILES string of the molecule is CCc1nnc(NC(=O)c2cnccc2N)s1. The van der Waals surface area contributed by atoms with E-state index in [0.717, 1.165) is 11.4 Å². The first-order valence-corrected chi connectivity index (χ1v) is 5.85. The van der Waals surface area contributed by atoms with Gasteiger partial charge in [-0.15, -0.1) is 10.2 Å². The molecule has 0 unspecified atom stereocenters. The molecule has 3 N–H and O–H groups in total. The number of nitrogen functional groups attached to an aromatic ring is 1. The molecule has 0 bridgehead atoms. The van der Waals surface area contributed by atoms with Gasteiger partial charge in [0.2, 0.25) is 5.13 Å². The zero-order chi connectivity index (χ0) is 12.3. The van der Waals surface area contributed by atoms with Gasteiger partial charge in [-0.1, -0.05) is 18.3 Å². The van der Waals surface area contributed by atoms with Gasteiger partial charge in [0, 0.05) is 18.1 Å². The van der Waals surface area contributed by atoms with Crippen LogP contribution >= 0.6 is 11.3 Å². The molecule has 7 heteroatoms. The van der Waals surface area contributed by atoms with Crippen molar-refractivity contribution in [1.82, 2.24) is 15.2 Å². The van der Waals surface area contributed by atoms with Crippen molar-refractivity contribution >= 4 is 28.1 Å². The summed E-state index contributed by atoms with van der Waals surface area (Å²) in [5.74, 6) is -0.325. The first-order chi connectivity index (χ1) is 8.20. The van der Waals surface area contributed by atoms with Crippen LogP contribution in [0, 0.1) is 0 Å². The van der Waals surface area contributed by atoms with E-state index in [4.69, 9.17) is 5.73 Å². The van der Waals surface area contributed by atoms with Crippen molar-refractivity contribution in [3.05, 3.63) is 29.0 Å². The average Bonchev–Trinajstić information content (AvgIpc) is 2.77. The highest BCUT2D eigenvalue weighted by Gasteiger charge is 2.12. The third-order valence-corrected chi connectivity index (χ3v) is 3.07. The van der Waals surface area contributed by atoms with Gasteiger partial charge in [0.15, 0.2) is 0 Å². The Hall–Kier alpha value is -2.02. The first kappa shape index (κ1) is 11.5. The number of nitrogens with zero attached hydrogens (tertiary/aromatic N) is 3. The lowest BCUT2D eigenvalue weighted by molar-refractivity contribution is 0.102. The first-order valence-electron chi connectivity index (χ1n) is 5.04. The number of hydrogen-bond acceptors (Lipinski definition) is 6. The monoisotopic (exact) mass is 249 g/mol. The molecule has 1 amide bonds. The second-order valence-electron chi connectivity index (χ2n) is 3.27. The van der Waals surface area contributed by atoms with Crippen molar-refractivity contribution in [2.24, 2.45) is 0 Å². The Morgan fingerprint density at radius 2 is 2.35 bits per heavy atom. The zero-order valence-corrected chi connectivity index (χ0v) is 9.99. The molecule has 0 radical (unpaired) electrons. The minimum Gasteiger partial charge on any atom is -0.398 e. The fourth-order valence-corrected chi connectivity index (χ4v) is 1.88. The number of pyridine rings is 1. The van der Waals surface area contributed by atoms with Crippen LogP contribution in [-0.4, -0.2) is 21.1 Å². The number of carbonyl (C=O) groups is 1. The van der Waals surface area contributed by atoms with Gasteiger partial charge < -0.3 is 5.73 Å². The predicted molar refractivity (Wildman–Crippen MR) is 65.9 cm³/mol. The van der Waals surface area contributed by atoms with Crippen molar-refractivity contribution in [1.29, 1.82) is 0 Å². The Labute approximate surface area is 102 Å². The molecule has 2 rings (SSSR count).